The Kier molecular flexibility index (Phi) is 5.49. The normalized spacial score (nSPS) is 10.6. The molecule has 0 heterocycles. The summed E-state index contributed by atoms with van der Waals surface area (Å²) in [4.78, 5) is 13.9. The van der Waals surface area contributed by atoms with E-state index < -0.39 is 6.61 Å². The molecule has 0 fully saturated rings. The third-order valence-electron chi connectivity index (χ3n) is 3.01. The smallest absolute Gasteiger partial charge is 0.387 e. The summed E-state index contributed by atoms with van der Waals surface area (Å²) >= 11 is 3.34. The fourth-order valence-corrected chi connectivity index (χ4v) is 2.25. The van der Waals surface area contributed by atoms with Crippen LogP contribution in [0.5, 0.6) is 5.75 Å². The molecule has 0 aliphatic carbocycles. The fourth-order valence-electron chi connectivity index (χ4n) is 1.98. The molecule has 0 bridgehead atoms. The van der Waals surface area contributed by atoms with Crippen molar-refractivity contribution < 1.29 is 18.3 Å². The van der Waals surface area contributed by atoms with Gasteiger partial charge in [0.25, 0.3) is 5.91 Å². The van der Waals surface area contributed by atoms with Crippen LogP contribution in [0.4, 0.5) is 8.78 Å². The minimum absolute atomic E-state index is 0.113. The number of carbonyl (C=O) groups excluding carboxylic acids is 1. The summed E-state index contributed by atoms with van der Waals surface area (Å²) in [6, 6.07) is 13.5. The van der Waals surface area contributed by atoms with Crippen LogP contribution < -0.4 is 4.74 Å². The van der Waals surface area contributed by atoms with Gasteiger partial charge in [-0.05, 0) is 29.8 Å². The van der Waals surface area contributed by atoms with Gasteiger partial charge in [-0.15, -0.1) is 0 Å². The Labute approximate surface area is 135 Å². The summed E-state index contributed by atoms with van der Waals surface area (Å²) in [5, 5.41) is 0. The number of alkyl halides is 2. The predicted octanol–water partition coefficient (Wildman–Crippen LogP) is 4.32. The van der Waals surface area contributed by atoms with E-state index in [-0.39, 0.29) is 17.2 Å². The minimum atomic E-state index is -2.97. The second kappa shape index (κ2) is 7.35. The summed E-state index contributed by atoms with van der Waals surface area (Å²) in [5.41, 5.74) is 1.05. The standard InChI is InChI=1S/C16H14BrF2NO2/c1-20(10-11-6-8-12(17)9-7-11)15(21)13-4-2-3-5-14(13)22-16(18)19/h2-9,16H,10H2,1H3. The zero-order valence-electron chi connectivity index (χ0n) is 11.8. The highest BCUT2D eigenvalue weighted by Gasteiger charge is 2.18. The zero-order valence-corrected chi connectivity index (χ0v) is 13.4. The molecule has 0 atom stereocenters. The van der Waals surface area contributed by atoms with Crippen LogP contribution in [0.1, 0.15) is 15.9 Å². The molecular weight excluding hydrogens is 356 g/mol. The predicted molar refractivity (Wildman–Crippen MR) is 83.0 cm³/mol. The molecule has 116 valence electrons. The first-order chi connectivity index (χ1) is 10.5. The lowest BCUT2D eigenvalue weighted by atomic mass is 10.1. The van der Waals surface area contributed by atoms with Gasteiger partial charge in [0.1, 0.15) is 5.75 Å². The van der Waals surface area contributed by atoms with E-state index in [0.717, 1.165) is 10.0 Å². The highest BCUT2D eigenvalue weighted by molar-refractivity contribution is 9.10. The van der Waals surface area contributed by atoms with Crippen LogP contribution in [0.2, 0.25) is 0 Å². The Morgan fingerprint density at radius 3 is 2.45 bits per heavy atom. The molecule has 6 heteroatoms. The lowest BCUT2D eigenvalue weighted by Gasteiger charge is -2.19. The SMILES string of the molecule is CN(Cc1ccc(Br)cc1)C(=O)c1ccccc1OC(F)F. The number of nitrogens with zero attached hydrogens (tertiary/aromatic N) is 1. The largest absolute Gasteiger partial charge is 0.434 e. The maximum atomic E-state index is 12.4. The number of para-hydroxylation sites is 1. The quantitative estimate of drug-likeness (QED) is 0.785. The second-order valence-corrected chi connectivity index (χ2v) is 5.58. The van der Waals surface area contributed by atoms with Crippen LogP contribution in [0.15, 0.2) is 53.0 Å². The van der Waals surface area contributed by atoms with E-state index in [0.29, 0.717) is 6.54 Å². The topological polar surface area (TPSA) is 29.5 Å². The molecule has 1 amide bonds. The first-order valence-electron chi connectivity index (χ1n) is 6.51. The van der Waals surface area contributed by atoms with Crippen molar-refractivity contribution in [1.29, 1.82) is 0 Å². The first-order valence-corrected chi connectivity index (χ1v) is 7.30. The third-order valence-corrected chi connectivity index (χ3v) is 3.54. The summed E-state index contributed by atoms with van der Waals surface area (Å²) in [6.07, 6.45) is 0. The van der Waals surface area contributed by atoms with Crippen molar-refractivity contribution >= 4 is 21.8 Å². The van der Waals surface area contributed by atoms with Crippen molar-refractivity contribution in [2.75, 3.05) is 7.05 Å². The van der Waals surface area contributed by atoms with Crippen LogP contribution >= 0.6 is 15.9 Å². The molecular formula is C16H14BrF2NO2. The molecule has 0 aromatic heterocycles. The number of rotatable bonds is 5. The van der Waals surface area contributed by atoms with Crippen molar-refractivity contribution in [3.63, 3.8) is 0 Å². The average molecular weight is 370 g/mol. The van der Waals surface area contributed by atoms with Crippen molar-refractivity contribution in [1.82, 2.24) is 4.90 Å². The number of halogens is 3. The van der Waals surface area contributed by atoms with E-state index in [2.05, 4.69) is 20.7 Å². The highest BCUT2D eigenvalue weighted by Crippen LogP contribution is 2.22. The molecule has 0 radical (unpaired) electrons. The van der Waals surface area contributed by atoms with E-state index in [4.69, 9.17) is 0 Å². The van der Waals surface area contributed by atoms with Gasteiger partial charge in [-0.1, -0.05) is 40.2 Å². The monoisotopic (exact) mass is 369 g/mol. The maximum Gasteiger partial charge on any atom is 0.387 e. The molecule has 0 saturated heterocycles. The molecule has 0 N–H and O–H groups in total. The summed E-state index contributed by atoms with van der Waals surface area (Å²) in [6.45, 7) is -2.60. The van der Waals surface area contributed by atoms with Gasteiger partial charge in [0.05, 0.1) is 5.56 Å². The minimum Gasteiger partial charge on any atom is -0.434 e. The molecule has 0 saturated carbocycles. The van der Waals surface area contributed by atoms with Crippen molar-refractivity contribution in [2.24, 2.45) is 0 Å². The second-order valence-electron chi connectivity index (χ2n) is 4.66. The molecule has 0 spiro atoms. The van der Waals surface area contributed by atoms with Crippen LogP contribution in [-0.4, -0.2) is 24.5 Å². The third kappa shape index (κ3) is 4.27. The van der Waals surface area contributed by atoms with Gasteiger partial charge in [0.2, 0.25) is 0 Å². The van der Waals surface area contributed by atoms with Gasteiger partial charge in [-0.2, -0.15) is 8.78 Å². The van der Waals surface area contributed by atoms with E-state index in [1.807, 2.05) is 24.3 Å². The lowest BCUT2D eigenvalue weighted by molar-refractivity contribution is -0.0502. The van der Waals surface area contributed by atoms with Crippen molar-refractivity contribution in [2.45, 2.75) is 13.2 Å². The van der Waals surface area contributed by atoms with Gasteiger partial charge in [0.15, 0.2) is 0 Å². The maximum absolute atomic E-state index is 12.4. The Morgan fingerprint density at radius 1 is 1.18 bits per heavy atom. The molecule has 2 aromatic rings. The van der Waals surface area contributed by atoms with Gasteiger partial charge < -0.3 is 9.64 Å². The van der Waals surface area contributed by atoms with Gasteiger partial charge in [0, 0.05) is 18.1 Å². The number of benzene rings is 2. The van der Waals surface area contributed by atoms with Gasteiger partial charge in [-0.25, -0.2) is 0 Å². The number of ether oxygens (including phenoxy) is 1. The Morgan fingerprint density at radius 2 is 1.82 bits per heavy atom. The van der Waals surface area contributed by atoms with Gasteiger partial charge >= 0.3 is 6.61 Å². The number of carbonyl (C=O) groups is 1. The number of hydrogen-bond donors (Lipinski definition) is 0. The van der Waals surface area contributed by atoms with Crippen molar-refractivity contribution in [3.8, 4) is 5.75 Å². The van der Waals surface area contributed by atoms with E-state index in [1.54, 1.807) is 19.2 Å². The zero-order chi connectivity index (χ0) is 16.1. The molecule has 22 heavy (non-hydrogen) atoms. The van der Waals surface area contributed by atoms with Crippen molar-refractivity contribution in [3.05, 3.63) is 64.1 Å². The summed E-state index contributed by atoms with van der Waals surface area (Å²) < 4.78 is 30.1. The Bertz CT molecular complexity index is 647. The number of hydrogen-bond acceptors (Lipinski definition) is 2. The fraction of sp³-hybridized carbons (Fsp3) is 0.188. The molecule has 0 unspecified atom stereocenters. The van der Waals surface area contributed by atoms with Crippen LogP contribution in [-0.2, 0) is 6.54 Å². The summed E-state index contributed by atoms with van der Waals surface area (Å²) in [5.74, 6) is -0.496. The van der Waals surface area contributed by atoms with Crippen LogP contribution in [0.25, 0.3) is 0 Å². The van der Waals surface area contributed by atoms with Gasteiger partial charge in [-0.3, -0.25) is 4.79 Å². The molecule has 2 rings (SSSR count). The Hall–Kier alpha value is -1.95. The summed E-state index contributed by atoms with van der Waals surface area (Å²) in [7, 11) is 1.61. The van der Waals surface area contributed by atoms with E-state index in [1.165, 1.54) is 17.0 Å². The van der Waals surface area contributed by atoms with E-state index in [9.17, 15) is 13.6 Å². The van der Waals surface area contributed by atoms with Crippen LogP contribution in [0.3, 0.4) is 0 Å². The molecule has 3 nitrogen and oxygen atoms in total. The first kappa shape index (κ1) is 16.4. The molecule has 2 aromatic carbocycles. The highest BCUT2D eigenvalue weighted by atomic mass is 79.9. The number of amides is 1. The Balaban J connectivity index is 2.15. The average Bonchev–Trinajstić information content (AvgIpc) is 2.49. The van der Waals surface area contributed by atoms with E-state index >= 15 is 0 Å². The molecule has 0 aliphatic heterocycles. The lowest BCUT2D eigenvalue weighted by Crippen LogP contribution is -2.26. The molecule has 0 aliphatic rings. The van der Waals surface area contributed by atoms with Crippen LogP contribution in [0, 0.1) is 0 Å².